The highest BCUT2D eigenvalue weighted by Gasteiger charge is 2.44. The van der Waals surface area contributed by atoms with Crippen LogP contribution < -0.4 is 5.32 Å². The van der Waals surface area contributed by atoms with Gasteiger partial charge in [0.15, 0.2) is 0 Å². The van der Waals surface area contributed by atoms with E-state index in [1.54, 1.807) is 0 Å². The van der Waals surface area contributed by atoms with Gasteiger partial charge in [0.2, 0.25) is 5.91 Å². The van der Waals surface area contributed by atoms with Crippen molar-refractivity contribution in [3.05, 3.63) is 35.9 Å². The number of rotatable bonds is 4. The fourth-order valence-electron chi connectivity index (χ4n) is 2.38. The first-order valence-corrected chi connectivity index (χ1v) is 6.75. The topological polar surface area (TPSA) is 52.9 Å². The second-order valence-electron chi connectivity index (χ2n) is 5.98. The minimum atomic E-state index is -0.757. The Morgan fingerprint density at radius 2 is 2.00 bits per heavy atom. The second kappa shape index (κ2) is 5.05. The van der Waals surface area contributed by atoms with Crippen LogP contribution in [0, 0.1) is 16.7 Å². The van der Waals surface area contributed by atoms with Crippen LogP contribution >= 0.6 is 0 Å². The van der Waals surface area contributed by atoms with Gasteiger partial charge >= 0.3 is 0 Å². The van der Waals surface area contributed by atoms with E-state index in [1.165, 1.54) is 5.56 Å². The molecule has 0 aliphatic heterocycles. The van der Waals surface area contributed by atoms with E-state index in [0.29, 0.717) is 19.4 Å². The van der Waals surface area contributed by atoms with Gasteiger partial charge in [-0.3, -0.25) is 4.79 Å². The van der Waals surface area contributed by atoms with E-state index in [4.69, 9.17) is 5.26 Å². The van der Waals surface area contributed by atoms with Crippen molar-refractivity contribution in [1.82, 2.24) is 5.32 Å². The zero-order chi connectivity index (χ0) is 13.9. The van der Waals surface area contributed by atoms with E-state index < -0.39 is 5.41 Å². The molecule has 2 rings (SSSR count). The highest BCUT2D eigenvalue weighted by Crippen LogP contribution is 2.40. The van der Waals surface area contributed by atoms with Crippen LogP contribution in [0.2, 0.25) is 0 Å². The minimum absolute atomic E-state index is 0.106. The summed E-state index contributed by atoms with van der Waals surface area (Å²) in [5, 5.41) is 12.1. The summed E-state index contributed by atoms with van der Waals surface area (Å²) in [7, 11) is 0. The van der Waals surface area contributed by atoms with Gasteiger partial charge < -0.3 is 5.32 Å². The quantitative estimate of drug-likeness (QED) is 0.900. The Morgan fingerprint density at radius 3 is 2.47 bits per heavy atom. The van der Waals surface area contributed by atoms with Crippen LogP contribution in [0.4, 0.5) is 0 Å². The van der Waals surface area contributed by atoms with Gasteiger partial charge in [-0.05, 0) is 24.8 Å². The standard InChI is InChI=1S/C16H20N2O/c1-15(2,13-7-4-3-5-8-13)12-18-14(19)16(11-17)9-6-10-16/h3-5,7-8H,6,9-10,12H2,1-2H3,(H,18,19). The van der Waals surface area contributed by atoms with Crippen LogP contribution in [0.5, 0.6) is 0 Å². The average Bonchev–Trinajstić information content (AvgIpc) is 2.37. The molecule has 1 amide bonds. The molecule has 3 heteroatoms. The Bertz CT molecular complexity index is 495. The zero-order valence-corrected chi connectivity index (χ0v) is 11.6. The Labute approximate surface area is 114 Å². The average molecular weight is 256 g/mol. The monoisotopic (exact) mass is 256 g/mol. The Balaban J connectivity index is 1.99. The number of nitrogens with zero attached hydrogens (tertiary/aromatic N) is 1. The molecule has 3 nitrogen and oxygen atoms in total. The first-order chi connectivity index (χ1) is 9.00. The highest BCUT2D eigenvalue weighted by atomic mass is 16.2. The second-order valence-corrected chi connectivity index (χ2v) is 5.98. The minimum Gasteiger partial charge on any atom is -0.354 e. The molecule has 1 aliphatic rings. The third-order valence-corrected chi connectivity index (χ3v) is 4.10. The van der Waals surface area contributed by atoms with E-state index in [1.807, 2.05) is 18.2 Å². The van der Waals surface area contributed by atoms with Crippen LogP contribution in [0.3, 0.4) is 0 Å². The molecule has 1 N–H and O–H groups in total. The molecule has 19 heavy (non-hydrogen) atoms. The predicted octanol–water partition coefficient (Wildman–Crippen LogP) is 2.77. The molecule has 0 aromatic heterocycles. The first kappa shape index (κ1) is 13.6. The lowest BCUT2D eigenvalue weighted by Gasteiger charge is -2.35. The maximum atomic E-state index is 12.1. The largest absolute Gasteiger partial charge is 0.354 e. The third kappa shape index (κ3) is 2.63. The normalized spacial score (nSPS) is 17.1. The van der Waals surface area contributed by atoms with Crippen molar-refractivity contribution in [2.24, 2.45) is 5.41 Å². The number of nitrogens with one attached hydrogen (secondary N) is 1. The van der Waals surface area contributed by atoms with Gasteiger partial charge in [0.1, 0.15) is 5.41 Å². The molecule has 1 aromatic carbocycles. The number of carbonyl (C=O) groups is 1. The first-order valence-electron chi connectivity index (χ1n) is 6.75. The number of carbonyl (C=O) groups excluding carboxylic acids is 1. The van der Waals surface area contributed by atoms with Crippen molar-refractivity contribution in [1.29, 1.82) is 5.26 Å². The smallest absolute Gasteiger partial charge is 0.240 e. The molecule has 0 radical (unpaired) electrons. The molecule has 1 aromatic rings. The molecular weight excluding hydrogens is 236 g/mol. The molecule has 0 unspecified atom stereocenters. The van der Waals surface area contributed by atoms with Crippen molar-refractivity contribution in [2.45, 2.75) is 38.5 Å². The van der Waals surface area contributed by atoms with Crippen LogP contribution in [0.15, 0.2) is 30.3 Å². The molecule has 0 atom stereocenters. The summed E-state index contributed by atoms with van der Waals surface area (Å²) in [5.41, 5.74) is 0.305. The Morgan fingerprint density at radius 1 is 1.37 bits per heavy atom. The van der Waals surface area contributed by atoms with E-state index in [2.05, 4.69) is 37.4 Å². The molecular formula is C16H20N2O. The molecule has 0 spiro atoms. The van der Waals surface area contributed by atoms with Crippen molar-refractivity contribution < 1.29 is 4.79 Å². The highest BCUT2D eigenvalue weighted by molar-refractivity contribution is 5.86. The molecule has 1 aliphatic carbocycles. The summed E-state index contributed by atoms with van der Waals surface area (Å²) in [6, 6.07) is 12.3. The number of hydrogen-bond donors (Lipinski definition) is 1. The van der Waals surface area contributed by atoms with Crippen LogP contribution in [-0.4, -0.2) is 12.5 Å². The SMILES string of the molecule is CC(C)(CNC(=O)C1(C#N)CCC1)c1ccccc1. The lowest BCUT2D eigenvalue weighted by molar-refractivity contribution is -0.132. The van der Waals surface area contributed by atoms with Crippen molar-refractivity contribution in [2.75, 3.05) is 6.54 Å². The van der Waals surface area contributed by atoms with Crippen molar-refractivity contribution >= 4 is 5.91 Å². The van der Waals surface area contributed by atoms with Crippen LogP contribution in [0.25, 0.3) is 0 Å². The molecule has 100 valence electrons. The van der Waals surface area contributed by atoms with Gasteiger partial charge in [0.25, 0.3) is 0 Å². The van der Waals surface area contributed by atoms with Gasteiger partial charge in [0, 0.05) is 12.0 Å². The summed E-state index contributed by atoms with van der Waals surface area (Å²) in [6.45, 7) is 4.75. The summed E-state index contributed by atoms with van der Waals surface area (Å²) in [5.74, 6) is -0.106. The number of nitriles is 1. The zero-order valence-electron chi connectivity index (χ0n) is 11.6. The van der Waals surface area contributed by atoms with Gasteiger partial charge in [-0.1, -0.05) is 44.2 Å². The van der Waals surface area contributed by atoms with Gasteiger partial charge in [-0.2, -0.15) is 5.26 Å². The molecule has 1 fully saturated rings. The lowest BCUT2D eigenvalue weighted by atomic mass is 9.69. The Kier molecular flexibility index (Phi) is 3.61. The van der Waals surface area contributed by atoms with E-state index in [0.717, 1.165) is 6.42 Å². The molecule has 1 saturated carbocycles. The van der Waals surface area contributed by atoms with Gasteiger partial charge in [-0.15, -0.1) is 0 Å². The number of benzene rings is 1. The van der Waals surface area contributed by atoms with Gasteiger partial charge in [0.05, 0.1) is 6.07 Å². The molecule has 0 bridgehead atoms. The van der Waals surface area contributed by atoms with Crippen molar-refractivity contribution in [3.8, 4) is 6.07 Å². The van der Waals surface area contributed by atoms with Crippen LogP contribution in [-0.2, 0) is 10.2 Å². The maximum Gasteiger partial charge on any atom is 0.240 e. The fraction of sp³-hybridized carbons (Fsp3) is 0.500. The summed E-state index contributed by atoms with van der Waals surface area (Å²) >= 11 is 0. The number of hydrogen-bond acceptors (Lipinski definition) is 2. The van der Waals surface area contributed by atoms with E-state index >= 15 is 0 Å². The summed E-state index contributed by atoms with van der Waals surface area (Å²) in [4.78, 5) is 12.1. The molecule has 0 heterocycles. The maximum absolute atomic E-state index is 12.1. The lowest BCUT2D eigenvalue weighted by Crippen LogP contribution is -2.48. The van der Waals surface area contributed by atoms with Crippen molar-refractivity contribution in [3.63, 3.8) is 0 Å². The van der Waals surface area contributed by atoms with Gasteiger partial charge in [-0.25, -0.2) is 0 Å². The van der Waals surface area contributed by atoms with E-state index in [-0.39, 0.29) is 11.3 Å². The number of amides is 1. The summed E-state index contributed by atoms with van der Waals surface area (Å²) < 4.78 is 0. The third-order valence-electron chi connectivity index (χ3n) is 4.10. The fourth-order valence-corrected chi connectivity index (χ4v) is 2.38. The summed E-state index contributed by atoms with van der Waals surface area (Å²) in [6.07, 6.45) is 2.37. The Hall–Kier alpha value is -1.82. The van der Waals surface area contributed by atoms with Crippen LogP contribution in [0.1, 0.15) is 38.7 Å². The van der Waals surface area contributed by atoms with E-state index in [9.17, 15) is 4.79 Å². The predicted molar refractivity (Wildman–Crippen MR) is 74.4 cm³/mol. The molecule has 0 saturated heterocycles.